The van der Waals surface area contributed by atoms with E-state index in [0.29, 0.717) is 6.42 Å². The van der Waals surface area contributed by atoms with Crippen molar-refractivity contribution >= 4 is 22.6 Å². The van der Waals surface area contributed by atoms with Gasteiger partial charge in [0.1, 0.15) is 0 Å². The van der Waals surface area contributed by atoms with Crippen LogP contribution in [-0.2, 0) is 13.6 Å². The predicted octanol–water partition coefficient (Wildman–Crippen LogP) is 12.7. The van der Waals surface area contributed by atoms with Crippen LogP contribution in [0.5, 0.6) is 0 Å². The molecule has 0 aliphatic carbocycles. The normalized spacial score (nSPS) is 14.7. The number of carboxylic acids is 1. The second-order valence-electron chi connectivity index (χ2n) is 15.2. The fourth-order valence-corrected chi connectivity index (χ4v) is 15.5. The molecule has 0 amide bonds. The molecule has 4 nitrogen and oxygen atoms in total. The quantitative estimate of drug-likeness (QED) is 0.0764. The molecule has 1 N–H and O–H groups in total. The van der Waals surface area contributed by atoms with Gasteiger partial charge in [-0.25, -0.2) is 0 Å². The van der Waals surface area contributed by atoms with E-state index in [1.165, 1.54) is 51.4 Å². The van der Waals surface area contributed by atoms with Crippen molar-refractivity contribution in [3.8, 4) is 0 Å². The fourth-order valence-electron chi connectivity index (χ4n) is 7.16. The maximum atomic E-state index is 10.9. The Labute approximate surface area is 266 Å². The van der Waals surface area contributed by atoms with Crippen molar-refractivity contribution in [1.82, 2.24) is 0 Å². The third-order valence-electron chi connectivity index (χ3n) is 10.4. The second kappa shape index (κ2) is 21.5. The van der Waals surface area contributed by atoms with Crippen LogP contribution >= 0.6 is 0 Å². The van der Waals surface area contributed by atoms with E-state index in [2.05, 4.69) is 76.2 Å². The maximum Gasteiger partial charge on any atom is 0.303 e. The van der Waals surface area contributed by atoms with Crippen LogP contribution in [0.25, 0.3) is 0 Å². The number of carboxylic acid groups (broad SMARTS) is 1. The minimum atomic E-state index is -2.01. The van der Waals surface area contributed by atoms with Crippen LogP contribution in [0.1, 0.15) is 179 Å². The number of unbranched alkanes of at least 4 members (excludes halogenated alkanes) is 11. The zero-order chi connectivity index (χ0) is 32.3. The molecule has 0 bridgehead atoms. The van der Waals surface area contributed by atoms with E-state index >= 15 is 0 Å². The lowest BCUT2D eigenvalue weighted by atomic mass is 9.99. The summed E-state index contributed by atoms with van der Waals surface area (Å²) in [5.41, 5.74) is 0. The summed E-state index contributed by atoms with van der Waals surface area (Å²) in [6.45, 7) is 26.2. The van der Waals surface area contributed by atoms with E-state index in [0.717, 1.165) is 69.1 Å². The molecule has 0 fully saturated rings. The van der Waals surface area contributed by atoms with Crippen LogP contribution in [-0.4, -0.2) is 39.9 Å². The zero-order valence-electron chi connectivity index (χ0n) is 30.5. The van der Waals surface area contributed by atoms with Gasteiger partial charge >= 0.3 is 5.97 Å². The molecule has 0 aromatic rings. The van der Waals surface area contributed by atoms with E-state index in [4.69, 9.17) is 14.0 Å². The minimum Gasteiger partial charge on any atom is -0.481 e. The van der Waals surface area contributed by atoms with E-state index in [1.54, 1.807) is 0 Å². The van der Waals surface area contributed by atoms with Crippen molar-refractivity contribution < 1.29 is 18.8 Å². The van der Waals surface area contributed by atoms with Gasteiger partial charge in [0.25, 0.3) is 0 Å². The molecule has 6 heteroatoms. The second-order valence-corrected chi connectivity index (χ2v) is 25.5. The number of hydrogen-bond acceptors (Lipinski definition) is 3. The summed E-state index contributed by atoms with van der Waals surface area (Å²) in [7, 11) is -4.01. The van der Waals surface area contributed by atoms with E-state index in [-0.39, 0.29) is 22.3 Å². The van der Waals surface area contributed by atoms with E-state index in [9.17, 15) is 4.79 Å². The summed E-state index contributed by atoms with van der Waals surface area (Å²) < 4.78 is 15.1. The Morgan fingerprint density at radius 3 is 1.14 bits per heavy atom. The molecule has 252 valence electrons. The number of aliphatic carboxylic acids is 1. The first-order chi connectivity index (χ1) is 19.7. The summed E-state index contributed by atoms with van der Waals surface area (Å²) >= 11 is 0. The maximum absolute atomic E-state index is 10.9. The van der Waals surface area contributed by atoms with Crippen LogP contribution < -0.4 is 0 Å². The highest BCUT2D eigenvalue weighted by molar-refractivity contribution is 6.77. The molecular formula is C36H76O4Si2. The fraction of sp³-hybridized carbons (Fsp3) is 0.972. The molecule has 0 saturated carbocycles. The number of rotatable bonds is 26. The molecular weight excluding hydrogens is 553 g/mol. The van der Waals surface area contributed by atoms with Gasteiger partial charge in [0, 0.05) is 6.42 Å². The third kappa shape index (κ3) is 14.7. The highest BCUT2D eigenvalue weighted by Gasteiger charge is 2.49. The largest absolute Gasteiger partial charge is 0.481 e. The average Bonchev–Trinajstić information content (AvgIpc) is 2.92. The van der Waals surface area contributed by atoms with Gasteiger partial charge in [0.15, 0.2) is 16.6 Å². The Kier molecular flexibility index (Phi) is 21.5. The third-order valence-corrected chi connectivity index (χ3v) is 22.0. The Morgan fingerprint density at radius 1 is 0.548 bits per heavy atom. The molecule has 42 heavy (non-hydrogen) atoms. The lowest BCUT2D eigenvalue weighted by Crippen LogP contribution is -2.55. The SMILES string of the molecule is CCCCCCCCCCC(O[Si](CC)(CC)C(C)(C)C)C(CCCCCCCC(=O)O)O[Si](CC)(CC)C(C)(C)C. The van der Waals surface area contributed by atoms with Gasteiger partial charge in [0.05, 0.1) is 12.2 Å². The zero-order valence-corrected chi connectivity index (χ0v) is 32.5. The summed E-state index contributed by atoms with van der Waals surface area (Å²) in [5, 5.41) is 9.37. The van der Waals surface area contributed by atoms with Crippen molar-refractivity contribution in [2.24, 2.45) is 0 Å². The molecule has 0 saturated heterocycles. The predicted molar refractivity (Wildman–Crippen MR) is 190 cm³/mol. The highest BCUT2D eigenvalue weighted by atomic mass is 28.4. The monoisotopic (exact) mass is 629 g/mol. The first kappa shape index (κ1) is 41.8. The highest BCUT2D eigenvalue weighted by Crippen LogP contribution is 2.47. The van der Waals surface area contributed by atoms with E-state index in [1.807, 2.05) is 0 Å². The van der Waals surface area contributed by atoms with Crippen molar-refractivity contribution in [3.63, 3.8) is 0 Å². The molecule has 0 spiro atoms. The molecule has 0 aromatic heterocycles. The topological polar surface area (TPSA) is 55.8 Å². The van der Waals surface area contributed by atoms with Crippen molar-refractivity contribution in [2.75, 3.05) is 0 Å². The van der Waals surface area contributed by atoms with Gasteiger partial charge in [-0.2, -0.15) is 0 Å². The standard InChI is InChI=1S/C36H76O4Si2/c1-12-17-18-19-20-21-23-26-29-32(39-41(13-2,14-3)35(6,7)8)33(30-27-24-22-25-28-31-34(37)38)40-42(15-4,16-5)36(9,10)11/h32-33H,12-31H2,1-11H3,(H,37,38). The Bertz CT molecular complexity index is 675. The smallest absolute Gasteiger partial charge is 0.303 e. The van der Waals surface area contributed by atoms with Crippen molar-refractivity contribution in [2.45, 2.75) is 225 Å². The minimum absolute atomic E-state index is 0.159. The molecule has 0 aliphatic rings. The van der Waals surface area contributed by atoms with Crippen LogP contribution in [0.4, 0.5) is 0 Å². The first-order valence-electron chi connectivity index (χ1n) is 18.3. The molecule has 0 aliphatic heterocycles. The lowest BCUT2D eigenvalue weighted by Gasteiger charge is -2.49. The molecule has 0 radical (unpaired) electrons. The number of carbonyl (C=O) groups is 1. The van der Waals surface area contributed by atoms with E-state index < -0.39 is 22.6 Å². The van der Waals surface area contributed by atoms with Gasteiger partial charge in [-0.3, -0.25) is 4.79 Å². The summed E-state index contributed by atoms with van der Waals surface area (Å²) in [6, 6.07) is 4.60. The molecule has 2 atom stereocenters. The Morgan fingerprint density at radius 2 is 0.857 bits per heavy atom. The average molecular weight is 629 g/mol. The lowest BCUT2D eigenvalue weighted by molar-refractivity contribution is -0.137. The Hall–Kier alpha value is -0.176. The van der Waals surface area contributed by atoms with Crippen molar-refractivity contribution in [1.29, 1.82) is 0 Å². The molecule has 2 unspecified atom stereocenters. The van der Waals surface area contributed by atoms with Gasteiger partial charge in [-0.15, -0.1) is 0 Å². The molecule has 0 aromatic carbocycles. The van der Waals surface area contributed by atoms with Gasteiger partial charge in [-0.1, -0.05) is 153 Å². The van der Waals surface area contributed by atoms with Crippen LogP contribution in [0.3, 0.4) is 0 Å². The summed E-state index contributed by atoms with van der Waals surface area (Å²) in [6.07, 6.45) is 18.7. The first-order valence-corrected chi connectivity index (χ1v) is 22.9. The molecule has 0 rings (SSSR count). The van der Waals surface area contributed by atoms with Crippen LogP contribution in [0, 0.1) is 0 Å². The van der Waals surface area contributed by atoms with Gasteiger partial charge in [-0.05, 0) is 53.5 Å². The van der Waals surface area contributed by atoms with Gasteiger partial charge < -0.3 is 14.0 Å². The summed E-state index contributed by atoms with van der Waals surface area (Å²) in [5.74, 6) is -0.676. The molecule has 0 heterocycles. The Balaban J connectivity index is 6.00. The van der Waals surface area contributed by atoms with Crippen molar-refractivity contribution in [3.05, 3.63) is 0 Å². The number of hydrogen-bond donors (Lipinski definition) is 1. The van der Waals surface area contributed by atoms with Gasteiger partial charge in [0.2, 0.25) is 0 Å². The van der Waals surface area contributed by atoms with Crippen LogP contribution in [0.15, 0.2) is 0 Å². The van der Waals surface area contributed by atoms with Crippen LogP contribution in [0.2, 0.25) is 34.3 Å². The summed E-state index contributed by atoms with van der Waals surface area (Å²) in [4.78, 5) is 10.9.